The molecule has 1 N–H and O–H groups in total. The molecule has 3 aromatic heterocycles. The predicted molar refractivity (Wildman–Crippen MR) is 139 cm³/mol. The van der Waals surface area contributed by atoms with E-state index < -0.39 is 6.04 Å². The van der Waals surface area contributed by atoms with Crippen molar-refractivity contribution < 1.29 is 19.1 Å². The van der Waals surface area contributed by atoms with Crippen LogP contribution in [0.1, 0.15) is 58.7 Å². The molecule has 3 aromatic rings. The molecule has 194 valence electrons. The Morgan fingerprint density at radius 1 is 1.19 bits per heavy atom. The Hall–Kier alpha value is -3.88. The molecule has 1 atom stereocenters. The molecular weight excluding hydrogens is 470 g/mol. The van der Waals surface area contributed by atoms with Crippen LogP contribution in [0.25, 0.3) is 0 Å². The largest absolute Gasteiger partial charge is 0.481 e. The van der Waals surface area contributed by atoms with E-state index >= 15 is 0 Å². The molecule has 9 nitrogen and oxygen atoms in total. The number of pyridine rings is 2. The Morgan fingerprint density at radius 2 is 2.08 bits per heavy atom. The summed E-state index contributed by atoms with van der Waals surface area (Å²) in [6, 6.07) is 9.38. The molecule has 0 radical (unpaired) electrons. The van der Waals surface area contributed by atoms with Gasteiger partial charge in [-0.3, -0.25) is 9.59 Å². The quantitative estimate of drug-likeness (QED) is 0.446. The Labute approximate surface area is 216 Å². The van der Waals surface area contributed by atoms with Gasteiger partial charge < -0.3 is 24.3 Å². The van der Waals surface area contributed by atoms with Gasteiger partial charge in [-0.2, -0.15) is 0 Å². The van der Waals surface area contributed by atoms with Crippen molar-refractivity contribution in [3.63, 3.8) is 0 Å². The van der Waals surface area contributed by atoms with Crippen LogP contribution in [0.5, 0.6) is 5.88 Å². The Bertz CT molecular complexity index is 1270. The maximum absolute atomic E-state index is 13.6. The van der Waals surface area contributed by atoms with E-state index in [1.807, 2.05) is 16.7 Å². The third-order valence-electron chi connectivity index (χ3n) is 7.03. The summed E-state index contributed by atoms with van der Waals surface area (Å²) in [5.41, 5.74) is 4.84. The van der Waals surface area contributed by atoms with E-state index in [1.165, 1.54) is 5.56 Å². The number of carbonyl (C=O) groups excluding carboxylic acids is 2. The second kappa shape index (κ2) is 11.0. The number of carbonyl (C=O) groups is 2. The highest BCUT2D eigenvalue weighted by molar-refractivity contribution is 5.94. The van der Waals surface area contributed by atoms with E-state index in [0.717, 1.165) is 54.9 Å². The lowest BCUT2D eigenvalue weighted by Gasteiger charge is -2.35. The molecule has 2 aliphatic heterocycles. The Morgan fingerprint density at radius 3 is 2.86 bits per heavy atom. The third-order valence-corrected chi connectivity index (χ3v) is 7.03. The van der Waals surface area contributed by atoms with Crippen LogP contribution < -0.4 is 10.1 Å². The number of fused-ring (bicyclic) bond motifs is 2. The molecular formula is C28H33N5O4. The molecule has 1 amide bonds. The third kappa shape index (κ3) is 5.45. The van der Waals surface area contributed by atoms with Crippen molar-refractivity contribution in [2.75, 3.05) is 32.1 Å². The number of aryl methyl sites for hydroxylation is 3. The van der Waals surface area contributed by atoms with E-state index in [-0.39, 0.29) is 18.3 Å². The van der Waals surface area contributed by atoms with Crippen molar-refractivity contribution >= 4 is 17.7 Å². The van der Waals surface area contributed by atoms with Crippen molar-refractivity contribution in [2.24, 2.45) is 0 Å². The van der Waals surface area contributed by atoms with Crippen LogP contribution in [0.15, 0.2) is 42.7 Å². The highest BCUT2D eigenvalue weighted by Gasteiger charge is 2.33. The van der Waals surface area contributed by atoms with E-state index in [1.54, 1.807) is 31.2 Å². The van der Waals surface area contributed by atoms with Gasteiger partial charge in [0.1, 0.15) is 11.5 Å². The zero-order chi connectivity index (χ0) is 25.8. The molecule has 0 aliphatic carbocycles. The zero-order valence-corrected chi connectivity index (χ0v) is 21.4. The minimum Gasteiger partial charge on any atom is -0.481 e. The summed E-state index contributed by atoms with van der Waals surface area (Å²) in [4.78, 5) is 36.9. The second-order valence-electron chi connectivity index (χ2n) is 9.43. The molecule has 9 heteroatoms. The molecule has 0 bridgehead atoms. The number of methoxy groups -OCH3 is 1. The topological polar surface area (TPSA) is 98.6 Å². The van der Waals surface area contributed by atoms with Crippen molar-refractivity contribution in [1.82, 2.24) is 19.4 Å². The number of rotatable bonds is 9. The van der Waals surface area contributed by atoms with Crippen molar-refractivity contribution in [1.29, 1.82) is 0 Å². The predicted octanol–water partition coefficient (Wildman–Crippen LogP) is 3.58. The number of amides is 1. The van der Waals surface area contributed by atoms with Gasteiger partial charge in [0.15, 0.2) is 0 Å². The van der Waals surface area contributed by atoms with Crippen LogP contribution in [0.4, 0.5) is 5.82 Å². The number of hydrogen-bond donors (Lipinski definition) is 1. The molecule has 5 rings (SSSR count). The molecule has 2 aliphatic rings. The van der Waals surface area contributed by atoms with Gasteiger partial charge in [-0.05, 0) is 61.4 Å². The standard InChI is InChI=1S/C28H33N5O4/c1-3-37-26(34)16-23(21-8-11-25(36-2)30-17-21)33-14-13-32-18-19(15-24(32)28(33)35)6-9-22-10-7-20-5-4-12-29-27(20)31-22/h7-8,10-11,15,17-18,23H,3-6,9,12-14,16H2,1-2H3,(H,29,31)/t23-/m0/s1. The fourth-order valence-electron chi connectivity index (χ4n) is 5.11. The highest BCUT2D eigenvalue weighted by Crippen LogP contribution is 2.30. The summed E-state index contributed by atoms with van der Waals surface area (Å²) >= 11 is 0. The summed E-state index contributed by atoms with van der Waals surface area (Å²) < 4.78 is 12.4. The van der Waals surface area contributed by atoms with Gasteiger partial charge in [-0.15, -0.1) is 0 Å². The first-order valence-corrected chi connectivity index (χ1v) is 12.9. The van der Waals surface area contributed by atoms with Gasteiger partial charge in [0.2, 0.25) is 5.88 Å². The minimum absolute atomic E-state index is 0.0686. The molecule has 37 heavy (non-hydrogen) atoms. The minimum atomic E-state index is -0.468. The summed E-state index contributed by atoms with van der Waals surface area (Å²) in [6.07, 6.45) is 7.62. The molecule has 0 saturated heterocycles. The summed E-state index contributed by atoms with van der Waals surface area (Å²) in [5.74, 6) is 1.04. The van der Waals surface area contributed by atoms with Gasteiger partial charge in [0, 0.05) is 43.8 Å². The summed E-state index contributed by atoms with van der Waals surface area (Å²) in [5, 5.41) is 3.39. The summed E-state index contributed by atoms with van der Waals surface area (Å²) in [7, 11) is 1.55. The van der Waals surface area contributed by atoms with E-state index in [0.29, 0.717) is 31.3 Å². The van der Waals surface area contributed by atoms with Gasteiger partial charge in [-0.25, -0.2) is 9.97 Å². The van der Waals surface area contributed by atoms with Crippen LogP contribution in [-0.2, 0) is 35.3 Å². The van der Waals surface area contributed by atoms with E-state index in [2.05, 4.69) is 28.6 Å². The van der Waals surface area contributed by atoms with Crippen LogP contribution in [0.3, 0.4) is 0 Å². The lowest BCUT2D eigenvalue weighted by Crippen LogP contribution is -2.43. The van der Waals surface area contributed by atoms with Gasteiger partial charge in [0.05, 0.1) is 26.2 Å². The van der Waals surface area contributed by atoms with Crippen LogP contribution in [0, 0.1) is 0 Å². The number of hydrogen-bond acceptors (Lipinski definition) is 7. The van der Waals surface area contributed by atoms with Crippen LogP contribution in [0.2, 0.25) is 0 Å². The van der Waals surface area contributed by atoms with Gasteiger partial charge in [-0.1, -0.05) is 12.1 Å². The fraction of sp³-hybridized carbons (Fsp3) is 0.429. The first-order chi connectivity index (χ1) is 18.1. The number of nitrogens with one attached hydrogen (secondary N) is 1. The monoisotopic (exact) mass is 503 g/mol. The SMILES string of the molecule is CCOC(=O)C[C@@H](c1ccc(OC)nc1)N1CCn2cc(CCc3ccc4c(n3)NCCC4)cc2C1=O. The molecule has 0 saturated carbocycles. The van der Waals surface area contributed by atoms with Crippen LogP contribution >= 0.6 is 0 Å². The van der Waals surface area contributed by atoms with E-state index in [9.17, 15) is 9.59 Å². The highest BCUT2D eigenvalue weighted by atomic mass is 16.5. The Balaban J connectivity index is 1.32. The summed E-state index contributed by atoms with van der Waals surface area (Å²) in [6.45, 7) is 4.19. The molecule has 0 spiro atoms. The zero-order valence-electron chi connectivity index (χ0n) is 21.4. The van der Waals surface area contributed by atoms with Crippen molar-refractivity contribution in [3.05, 3.63) is 70.8 Å². The number of anilines is 1. The number of aromatic nitrogens is 3. The fourth-order valence-corrected chi connectivity index (χ4v) is 5.11. The number of nitrogens with zero attached hydrogens (tertiary/aromatic N) is 4. The molecule has 0 fully saturated rings. The van der Waals surface area contributed by atoms with Crippen LogP contribution in [-0.4, -0.2) is 58.1 Å². The molecule has 5 heterocycles. The average molecular weight is 504 g/mol. The molecule has 0 unspecified atom stereocenters. The maximum Gasteiger partial charge on any atom is 0.308 e. The first kappa shape index (κ1) is 24.8. The van der Waals surface area contributed by atoms with Gasteiger partial charge in [0.25, 0.3) is 5.91 Å². The average Bonchev–Trinajstić information content (AvgIpc) is 3.35. The van der Waals surface area contributed by atoms with Crippen molar-refractivity contribution in [3.8, 4) is 5.88 Å². The normalized spacial score (nSPS) is 15.4. The Kier molecular flexibility index (Phi) is 7.39. The maximum atomic E-state index is 13.6. The smallest absolute Gasteiger partial charge is 0.308 e. The first-order valence-electron chi connectivity index (χ1n) is 12.9. The van der Waals surface area contributed by atoms with E-state index in [4.69, 9.17) is 14.5 Å². The lowest BCUT2D eigenvalue weighted by molar-refractivity contribution is -0.144. The lowest BCUT2D eigenvalue weighted by atomic mass is 10.0. The van der Waals surface area contributed by atoms with Crippen molar-refractivity contribution in [2.45, 2.75) is 51.6 Å². The number of esters is 1. The van der Waals surface area contributed by atoms with Gasteiger partial charge >= 0.3 is 5.97 Å². The number of ether oxygens (including phenoxy) is 2. The second-order valence-corrected chi connectivity index (χ2v) is 9.43. The molecule has 0 aromatic carbocycles.